The molecule has 0 spiro atoms. The summed E-state index contributed by atoms with van der Waals surface area (Å²) in [5.41, 5.74) is 1.55. The number of piperidine rings is 1. The van der Waals surface area contributed by atoms with Crippen molar-refractivity contribution in [2.24, 2.45) is 7.05 Å². The highest BCUT2D eigenvalue weighted by Gasteiger charge is 2.21. The fourth-order valence-corrected chi connectivity index (χ4v) is 3.16. The second kappa shape index (κ2) is 7.14. The van der Waals surface area contributed by atoms with E-state index in [-0.39, 0.29) is 11.8 Å². The lowest BCUT2D eigenvalue weighted by molar-refractivity contribution is 0.0689. The maximum absolute atomic E-state index is 11.1. The highest BCUT2D eigenvalue weighted by molar-refractivity contribution is 5.87. The molecule has 1 atom stereocenters. The van der Waals surface area contributed by atoms with Gasteiger partial charge in [0.15, 0.2) is 17.2 Å². The highest BCUT2D eigenvalue weighted by Crippen LogP contribution is 2.34. The number of carboxylic acid groups (broad SMARTS) is 1. The van der Waals surface area contributed by atoms with Gasteiger partial charge in [-0.05, 0) is 50.7 Å². The van der Waals surface area contributed by atoms with Crippen molar-refractivity contribution in [3.05, 3.63) is 30.0 Å². The summed E-state index contributed by atoms with van der Waals surface area (Å²) in [6.45, 7) is 2.00. The number of hydrogen-bond acceptors (Lipinski definition) is 5. The third-order valence-corrected chi connectivity index (χ3v) is 4.43. The molecule has 1 aliphatic rings. The Morgan fingerprint density at radius 3 is 2.72 bits per heavy atom. The van der Waals surface area contributed by atoms with E-state index in [1.165, 1.54) is 0 Å². The minimum absolute atomic E-state index is 0.0158. The van der Waals surface area contributed by atoms with Gasteiger partial charge < -0.3 is 19.5 Å². The Hall–Kier alpha value is -2.54. The first-order valence-corrected chi connectivity index (χ1v) is 8.29. The molecule has 1 fully saturated rings. The summed E-state index contributed by atoms with van der Waals surface area (Å²) >= 11 is 0. The molecular weight excluding hydrogens is 322 g/mol. The van der Waals surface area contributed by atoms with Gasteiger partial charge in [0.05, 0.1) is 12.8 Å². The zero-order chi connectivity index (χ0) is 18.0. The van der Waals surface area contributed by atoms with Gasteiger partial charge in [0.2, 0.25) is 0 Å². The van der Waals surface area contributed by atoms with E-state index in [9.17, 15) is 4.79 Å². The van der Waals surface area contributed by atoms with Crippen LogP contribution >= 0.6 is 0 Å². The Bertz CT molecular complexity index is 772. The molecule has 1 unspecified atom stereocenters. The third-order valence-electron chi connectivity index (χ3n) is 4.43. The van der Waals surface area contributed by atoms with E-state index >= 15 is 0 Å². The topological polar surface area (TPSA) is 76.8 Å². The molecule has 2 heterocycles. The number of aromatic carboxylic acids is 1. The number of likely N-dealkylation sites (tertiary alicyclic amines) is 1. The fourth-order valence-electron chi connectivity index (χ4n) is 3.16. The molecule has 1 N–H and O–H groups in total. The smallest absolute Gasteiger partial charge is 0.356 e. The largest absolute Gasteiger partial charge is 0.493 e. The third kappa shape index (κ3) is 3.76. The number of rotatable bonds is 5. The second-order valence-electron chi connectivity index (χ2n) is 6.35. The van der Waals surface area contributed by atoms with Crippen molar-refractivity contribution >= 4 is 5.97 Å². The molecule has 0 saturated carbocycles. The van der Waals surface area contributed by atoms with Crippen LogP contribution in [-0.2, 0) is 7.05 Å². The van der Waals surface area contributed by atoms with Crippen molar-refractivity contribution in [1.29, 1.82) is 0 Å². The molecule has 25 heavy (non-hydrogen) atoms. The quantitative estimate of drug-likeness (QED) is 0.896. The molecular formula is C18H23N3O4. The maximum atomic E-state index is 11.1. The normalized spacial score (nSPS) is 18.1. The van der Waals surface area contributed by atoms with Crippen molar-refractivity contribution in [2.45, 2.75) is 18.9 Å². The van der Waals surface area contributed by atoms with E-state index in [1.54, 1.807) is 24.9 Å². The molecule has 134 valence electrons. The van der Waals surface area contributed by atoms with Gasteiger partial charge >= 0.3 is 5.97 Å². The molecule has 0 aliphatic carbocycles. The van der Waals surface area contributed by atoms with Gasteiger partial charge in [0.1, 0.15) is 6.10 Å². The van der Waals surface area contributed by atoms with Gasteiger partial charge in [0, 0.05) is 19.2 Å². The number of ether oxygens (including phenoxy) is 2. The Balaban J connectivity index is 1.85. The lowest BCUT2D eigenvalue weighted by Gasteiger charge is -2.30. The number of carboxylic acids is 1. The van der Waals surface area contributed by atoms with Crippen molar-refractivity contribution in [1.82, 2.24) is 14.7 Å². The van der Waals surface area contributed by atoms with Crippen molar-refractivity contribution in [3.63, 3.8) is 0 Å². The molecule has 0 amide bonds. The standard InChI is InChI=1S/C18H23N3O4/c1-20-8-4-5-13(11-20)25-16-7-6-12(9-17(16)24-3)15-10-14(18(22)23)19-21(15)2/h6-7,9-10,13H,4-5,8,11H2,1-3H3,(H,22,23). The number of benzene rings is 1. The molecule has 3 rings (SSSR count). The van der Waals surface area contributed by atoms with Crippen LogP contribution in [0.2, 0.25) is 0 Å². The number of hydrogen-bond donors (Lipinski definition) is 1. The summed E-state index contributed by atoms with van der Waals surface area (Å²) in [6.07, 6.45) is 2.29. The van der Waals surface area contributed by atoms with E-state index in [4.69, 9.17) is 14.6 Å². The maximum Gasteiger partial charge on any atom is 0.356 e. The van der Waals surface area contributed by atoms with E-state index in [0.29, 0.717) is 17.2 Å². The molecule has 0 bridgehead atoms. The molecule has 2 aromatic rings. The Morgan fingerprint density at radius 1 is 1.28 bits per heavy atom. The SMILES string of the molecule is COc1cc(-c2cc(C(=O)O)nn2C)ccc1OC1CCCN(C)C1. The van der Waals surface area contributed by atoms with Crippen LogP contribution in [0.25, 0.3) is 11.3 Å². The summed E-state index contributed by atoms with van der Waals surface area (Å²) in [6, 6.07) is 7.17. The van der Waals surface area contributed by atoms with Gasteiger partial charge in [-0.15, -0.1) is 0 Å². The van der Waals surface area contributed by atoms with Crippen LogP contribution < -0.4 is 9.47 Å². The van der Waals surface area contributed by atoms with Crippen LogP contribution in [0.5, 0.6) is 11.5 Å². The molecule has 7 heteroatoms. The Morgan fingerprint density at radius 2 is 2.08 bits per heavy atom. The minimum Gasteiger partial charge on any atom is -0.493 e. The Kier molecular flexibility index (Phi) is 4.94. The van der Waals surface area contributed by atoms with Gasteiger partial charge in [0.25, 0.3) is 0 Å². The van der Waals surface area contributed by atoms with E-state index in [2.05, 4.69) is 17.0 Å². The van der Waals surface area contributed by atoms with Crippen LogP contribution in [-0.4, -0.2) is 59.1 Å². The van der Waals surface area contributed by atoms with Crippen LogP contribution in [0.4, 0.5) is 0 Å². The average Bonchev–Trinajstić information content (AvgIpc) is 2.97. The summed E-state index contributed by atoms with van der Waals surface area (Å²) < 4.78 is 13.2. The number of aromatic nitrogens is 2. The molecule has 1 aromatic carbocycles. The molecule has 1 aromatic heterocycles. The fraction of sp³-hybridized carbons (Fsp3) is 0.444. The summed E-state index contributed by atoms with van der Waals surface area (Å²) in [5, 5.41) is 13.1. The number of likely N-dealkylation sites (N-methyl/N-ethyl adjacent to an activating group) is 1. The first kappa shape index (κ1) is 17.3. The number of methoxy groups -OCH3 is 1. The molecule has 1 aliphatic heterocycles. The highest BCUT2D eigenvalue weighted by atomic mass is 16.5. The van der Waals surface area contributed by atoms with Crippen LogP contribution in [0.1, 0.15) is 23.3 Å². The zero-order valence-electron chi connectivity index (χ0n) is 14.7. The van der Waals surface area contributed by atoms with Crippen molar-refractivity contribution < 1.29 is 19.4 Å². The van der Waals surface area contributed by atoms with Crippen LogP contribution in [0, 0.1) is 0 Å². The van der Waals surface area contributed by atoms with Gasteiger partial charge in [-0.1, -0.05) is 0 Å². The monoisotopic (exact) mass is 345 g/mol. The van der Waals surface area contributed by atoms with Crippen LogP contribution in [0.15, 0.2) is 24.3 Å². The molecule has 7 nitrogen and oxygen atoms in total. The van der Waals surface area contributed by atoms with E-state index < -0.39 is 5.97 Å². The van der Waals surface area contributed by atoms with Gasteiger partial charge in [-0.25, -0.2) is 4.79 Å². The average molecular weight is 345 g/mol. The minimum atomic E-state index is -1.05. The Labute approximate surface area is 146 Å². The predicted molar refractivity (Wildman–Crippen MR) is 93.3 cm³/mol. The van der Waals surface area contributed by atoms with E-state index in [1.807, 2.05) is 18.2 Å². The van der Waals surface area contributed by atoms with Crippen molar-refractivity contribution in [3.8, 4) is 22.8 Å². The molecule has 0 radical (unpaired) electrons. The lowest BCUT2D eigenvalue weighted by atomic mass is 10.1. The first-order chi connectivity index (χ1) is 12.0. The second-order valence-corrected chi connectivity index (χ2v) is 6.35. The van der Waals surface area contributed by atoms with E-state index in [0.717, 1.165) is 31.5 Å². The predicted octanol–water partition coefficient (Wildman–Crippen LogP) is 2.27. The summed E-state index contributed by atoms with van der Waals surface area (Å²) in [5.74, 6) is 0.283. The zero-order valence-corrected chi connectivity index (χ0v) is 14.7. The van der Waals surface area contributed by atoms with Crippen LogP contribution in [0.3, 0.4) is 0 Å². The number of carbonyl (C=O) groups is 1. The lowest BCUT2D eigenvalue weighted by Crippen LogP contribution is -2.38. The first-order valence-electron chi connectivity index (χ1n) is 8.29. The molecule has 1 saturated heterocycles. The van der Waals surface area contributed by atoms with Gasteiger partial charge in [-0.3, -0.25) is 4.68 Å². The number of aryl methyl sites for hydroxylation is 1. The number of nitrogens with zero attached hydrogens (tertiary/aromatic N) is 3. The van der Waals surface area contributed by atoms with Gasteiger partial charge in [-0.2, -0.15) is 5.10 Å². The summed E-state index contributed by atoms with van der Waals surface area (Å²) in [7, 11) is 5.42. The van der Waals surface area contributed by atoms with Crippen molar-refractivity contribution in [2.75, 3.05) is 27.2 Å². The summed E-state index contributed by atoms with van der Waals surface area (Å²) in [4.78, 5) is 13.4.